The molecule has 73 heavy (non-hydrogen) atoms. The van der Waals surface area contributed by atoms with E-state index in [1.54, 1.807) is 0 Å². The molecule has 0 bridgehead atoms. The number of allylic oxidation sites excluding steroid dienone is 8. The Labute approximate surface area is 454 Å². The number of ether oxygens (including phenoxy) is 3. The van der Waals surface area contributed by atoms with E-state index in [2.05, 4.69) is 69.4 Å². The van der Waals surface area contributed by atoms with E-state index in [-0.39, 0.29) is 31.1 Å². The third-order valence-electron chi connectivity index (χ3n) is 14.3. The summed E-state index contributed by atoms with van der Waals surface area (Å²) >= 11 is 0. The molecule has 0 spiro atoms. The number of carbonyl (C=O) groups is 3. The van der Waals surface area contributed by atoms with Gasteiger partial charge in [-0.2, -0.15) is 0 Å². The molecule has 0 aliphatic rings. The molecule has 6 nitrogen and oxygen atoms in total. The minimum Gasteiger partial charge on any atom is -0.462 e. The molecule has 0 aliphatic heterocycles. The summed E-state index contributed by atoms with van der Waals surface area (Å²) in [4.78, 5) is 38.2. The van der Waals surface area contributed by atoms with Crippen LogP contribution in [0.15, 0.2) is 48.6 Å². The largest absolute Gasteiger partial charge is 0.462 e. The summed E-state index contributed by atoms with van der Waals surface area (Å²) in [5.74, 6) is -0.872. The van der Waals surface area contributed by atoms with Crippen molar-refractivity contribution in [3.8, 4) is 0 Å². The molecule has 0 aliphatic carbocycles. The van der Waals surface area contributed by atoms with Gasteiger partial charge in [0.15, 0.2) is 6.10 Å². The molecule has 1 unspecified atom stereocenters. The molecule has 0 saturated heterocycles. The van der Waals surface area contributed by atoms with Gasteiger partial charge >= 0.3 is 17.9 Å². The van der Waals surface area contributed by atoms with Crippen LogP contribution in [0.3, 0.4) is 0 Å². The van der Waals surface area contributed by atoms with Crippen LogP contribution in [-0.2, 0) is 28.6 Å². The Morgan fingerprint density at radius 1 is 0.274 bits per heavy atom. The molecule has 0 radical (unpaired) electrons. The molecule has 1 atom stereocenters. The topological polar surface area (TPSA) is 78.9 Å². The maximum Gasteiger partial charge on any atom is 0.306 e. The maximum atomic E-state index is 12.9. The quantitative estimate of drug-likeness (QED) is 0.0261. The lowest BCUT2D eigenvalue weighted by molar-refractivity contribution is -0.167. The summed E-state index contributed by atoms with van der Waals surface area (Å²) in [6, 6.07) is 0. The summed E-state index contributed by atoms with van der Waals surface area (Å²) in [6.07, 6.45) is 77.1. The van der Waals surface area contributed by atoms with Gasteiger partial charge in [-0.05, 0) is 83.5 Å². The summed E-state index contributed by atoms with van der Waals surface area (Å²) in [5, 5.41) is 0. The van der Waals surface area contributed by atoms with E-state index < -0.39 is 6.10 Å². The van der Waals surface area contributed by atoms with Crippen LogP contribution < -0.4 is 0 Å². The number of rotatable bonds is 59. The Kier molecular flexibility index (Phi) is 59.7. The lowest BCUT2D eigenvalue weighted by Crippen LogP contribution is -2.30. The van der Waals surface area contributed by atoms with Gasteiger partial charge in [-0.25, -0.2) is 0 Å². The van der Waals surface area contributed by atoms with Gasteiger partial charge in [-0.3, -0.25) is 14.4 Å². The van der Waals surface area contributed by atoms with E-state index in [0.717, 1.165) is 77.0 Å². The Bertz CT molecular complexity index is 1270. The van der Waals surface area contributed by atoms with Gasteiger partial charge in [0, 0.05) is 19.3 Å². The zero-order valence-electron chi connectivity index (χ0n) is 48.9. The van der Waals surface area contributed by atoms with Gasteiger partial charge in [0.1, 0.15) is 13.2 Å². The van der Waals surface area contributed by atoms with Crippen molar-refractivity contribution in [2.75, 3.05) is 13.2 Å². The first-order chi connectivity index (χ1) is 36.0. The third-order valence-corrected chi connectivity index (χ3v) is 14.3. The van der Waals surface area contributed by atoms with Gasteiger partial charge < -0.3 is 14.2 Å². The van der Waals surface area contributed by atoms with E-state index >= 15 is 0 Å². The van der Waals surface area contributed by atoms with Crippen LogP contribution in [0.25, 0.3) is 0 Å². The molecule has 0 aromatic rings. The highest BCUT2D eigenvalue weighted by atomic mass is 16.6. The number of carbonyl (C=O) groups excluding carboxylic acids is 3. The van der Waals surface area contributed by atoms with Crippen molar-refractivity contribution in [3.05, 3.63) is 48.6 Å². The Morgan fingerprint density at radius 3 is 0.808 bits per heavy atom. The van der Waals surface area contributed by atoms with Crippen LogP contribution in [0, 0.1) is 0 Å². The summed E-state index contributed by atoms with van der Waals surface area (Å²) in [7, 11) is 0. The second-order valence-corrected chi connectivity index (χ2v) is 21.7. The lowest BCUT2D eigenvalue weighted by Gasteiger charge is -2.18. The molecule has 0 amide bonds. The Morgan fingerprint density at radius 2 is 0.493 bits per heavy atom. The third kappa shape index (κ3) is 60.1. The van der Waals surface area contributed by atoms with Crippen LogP contribution in [0.2, 0.25) is 0 Å². The van der Waals surface area contributed by atoms with Crippen LogP contribution >= 0.6 is 0 Å². The fourth-order valence-electron chi connectivity index (χ4n) is 9.45. The van der Waals surface area contributed by atoms with Crippen molar-refractivity contribution in [2.24, 2.45) is 0 Å². The number of esters is 3. The van der Waals surface area contributed by atoms with Gasteiger partial charge in [0.2, 0.25) is 0 Å². The highest BCUT2D eigenvalue weighted by Crippen LogP contribution is 2.17. The molecule has 0 aromatic heterocycles. The maximum absolute atomic E-state index is 12.9. The van der Waals surface area contributed by atoms with Crippen molar-refractivity contribution in [1.82, 2.24) is 0 Å². The number of unbranched alkanes of at least 4 members (excludes halogenated alkanes) is 40. The minimum atomic E-state index is -0.777. The molecule has 0 aromatic carbocycles. The molecule has 6 heteroatoms. The highest BCUT2D eigenvalue weighted by Gasteiger charge is 2.19. The van der Waals surface area contributed by atoms with Gasteiger partial charge in [0.25, 0.3) is 0 Å². The molecule has 0 saturated carbocycles. The fraction of sp³-hybridized carbons (Fsp3) is 0.836. The van der Waals surface area contributed by atoms with Crippen LogP contribution in [-0.4, -0.2) is 37.2 Å². The summed E-state index contributed by atoms with van der Waals surface area (Å²) in [6.45, 7) is 6.63. The number of hydrogen-bond donors (Lipinski definition) is 0. The first-order valence-electron chi connectivity index (χ1n) is 32.1. The van der Waals surface area contributed by atoms with E-state index in [1.165, 1.54) is 225 Å². The predicted molar refractivity (Wildman–Crippen MR) is 316 cm³/mol. The van der Waals surface area contributed by atoms with Crippen LogP contribution in [0.5, 0.6) is 0 Å². The highest BCUT2D eigenvalue weighted by molar-refractivity contribution is 5.71. The SMILES string of the molecule is CCCCC/C=C\C/C=C\C/C=C\CCCCCCCCC(=O)OC(COC(=O)CCCCCCCCCCC)COC(=O)CCCCCCCCCCCCCCCCC/C=C\CCCCCCCCCC. The van der Waals surface area contributed by atoms with Crippen molar-refractivity contribution in [1.29, 1.82) is 0 Å². The minimum absolute atomic E-state index is 0.0749. The molecular weight excluding hydrogens is 901 g/mol. The first kappa shape index (κ1) is 70.4. The van der Waals surface area contributed by atoms with Crippen molar-refractivity contribution < 1.29 is 28.6 Å². The van der Waals surface area contributed by atoms with Crippen LogP contribution in [0.1, 0.15) is 342 Å². The van der Waals surface area contributed by atoms with E-state index in [9.17, 15) is 14.4 Å². The molecule has 426 valence electrons. The second-order valence-electron chi connectivity index (χ2n) is 21.7. The molecule has 0 heterocycles. The average molecular weight is 1020 g/mol. The summed E-state index contributed by atoms with van der Waals surface area (Å²) < 4.78 is 16.9. The average Bonchev–Trinajstić information content (AvgIpc) is 3.39. The van der Waals surface area contributed by atoms with Crippen molar-refractivity contribution >= 4 is 17.9 Å². The van der Waals surface area contributed by atoms with Crippen LogP contribution in [0.4, 0.5) is 0 Å². The zero-order chi connectivity index (χ0) is 52.9. The first-order valence-corrected chi connectivity index (χ1v) is 32.1. The standard InChI is InChI=1S/C67H122O6/c1-4-7-10-13-16-19-21-23-25-27-29-30-31-32-33-34-35-36-38-39-41-43-45-48-51-54-57-60-66(69)72-63-64(62-71-65(68)59-56-53-50-47-18-15-12-9-6-3)73-67(70)61-58-55-52-49-46-44-42-40-37-28-26-24-22-20-17-14-11-8-5-2/h17,20,24,26-27,29,37,40,64H,4-16,18-19,21-23,25,28,30-36,38-39,41-63H2,1-3H3/b20-17-,26-24-,29-27-,40-37-. The molecular formula is C67H122O6. The monoisotopic (exact) mass is 1020 g/mol. The van der Waals surface area contributed by atoms with Crippen molar-refractivity contribution in [2.45, 2.75) is 348 Å². The molecule has 0 N–H and O–H groups in total. The van der Waals surface area contributed by atoms with E-state index in [1.807, 2.05) is 0 Å². The lowest BCUT2D eigenvalue weighted by atomic mass is 10.0. The normalized spacial score (nSPS) is 12.3. The van der Waals surface area contributed by atoms with Crippen molar-refractivity contribution in [3.63, 3.8) is 0 Å². The smallest absolute Gasteiger partial charge is 0.306 e. The number of hydrogen-bond acceptors (Lipinski definition) is 6. The van der Waals surface area contributed by atoms with Gasteiger partial charge in [-0.1, -0.05) is 288 Å². The predicted octanol–water partition coefficient (Wildman–Crippen LogP) is 21.8. The van der Waals surface area contributed by atoms with E-state index in [4.69, 9.17) is 14.2 Å². The molecule has 0 fully saturated rings. The zero-order valence-corrected chi connectivity index (χ0v) is 48.9. The molecule has 0 rings (SSSR count). The van der Waals surface area contributed by atoms with E-state index in [0.29, 0.717) is 19.3 Å². The van der Waals surface area contributed by atoms with Gasteiger partial charge in [0.05, 0.1) is 0 Å². The Balaban J connectivity index is 4.16. The Hall–Kier alpha value is -2.63. The van der Waals surface area contributed by atoms with Gasteiger partial charge in [-0.15, -0.1) is 0 Å². The second kappa shape index (κ2) is 61.9. The fourth-order valence-corrected chi connectivity index (χ4v) is 9.45. The summed E-state index contributed by atoms with van der Waals surface area (Å²) in [5.41, 5.74) is 0.